The monoisotopic (exact) mass is 379 g/mol. The molecule has 0 aliphatic carbocycles. The van der Waals surface area contributed by atoms with Gasteiger partial charge in [-0.3, -0.25) is 4.79 Å². The van der Waals surface area contributed by atoms with Crippen LogP contribution in [0.1, 0.15) is 16.3 Å². The van der Waals surface area contributed by atoms with Gasteiger partial charge in [0.2, 0.25) is 0 Å². The Kier molecular flexibility index (Phi) is 4.64. The van der Waals surface area contributed by atoms with Crippen LogP contribution in [-0.2, 0) is 13.5 Å². The number of aromatic amines is 1. The van der Waals surface area contributed by atoms with Gasteiger partial charge in [-0.1, -0.05) is 41.9 Å². The fraction of sp³-hybridized carbons (Fsp3) is 0.150. The van der Waals surface area contributed by atoms with Crippen LogP contribution in [0, 0.1) is 0 Å². The zero-order valence-electron chi connectivity index (χ0n) is 14.7. The summed E-state index contributed by atoms with van der Waals surface area (Å²) in [5, 5.41) is 12.4. The number of H-pyrrole nitrogens is 1. The molecule has 0 atom stereocenters. The van der Waals surface area contributed by atoms with Gasteiger partial charge < -0.3 is 14.9 Å². The van der Waals surface area contributed by atoms with Crippen LogP contribution in [0.2, 0.25) is 5.02 Å². The van der Waals surface area contributed by atoms with E-state index in [0.717, 1.165) is 27.9 Å². The van der Waals surface area contributed by atoms with Gasteiger partial charge in [-0.2, -0.15) is 0 Å². The number of fused-ring (bicyclic) bond motifs is 1. The molecule has 0 saturated heterocycles. The zero-order chi connectivity index (χ0) is 18.8. The van der Waals surface area contributed by atoms with Crippen LogP contribution in [0.15, 0.2) is 54.9 Å². The molecule has 7 heteroatoms. The van der Waals surface area contributed by atoms with Gasteiger partial charge >= 0.3 is 0 Å². The predicted octanol–water partition coefficient (Wildman–Crippen LogP) is 3.59. The third kappa shape index (κ3) is 3.44. The van der Waals surface area contributed by atoms with E-state index in [9.17, 15) is 4.79 Å². The lowest BCUT2D eigenvalue weighted by Crippen LogP contribution is -2.27. The van der Waals surface area contributed by atoms with E-state index in [1.54, 1.807) is 6.33 Å². The minimum atomic E-state index is -0.164. The molecule has 27 heavy (non-hydrogen) atoms. The fourth-order valence-electron chi connectivity index (χ4n) is 3.15. The molecule has 0 fully saturated rings. The molecule has 136 valence electrons. The minimum absolute atomic E-state index is 0.164. The van der Waals surface area contributed by atoms with Crippen molar-refractivity contribution in [3.05, 3.63) is 71.4 Å². The standard InChI is InChI=1S/C20H18ClN5O/c1-26-12-23-25-17(26)9-10-22-20(27)19-18(13-5-3-2-4-6-13)15-11-14(21)7-8-16(15)24-19/h2-8,11-12,24H,9-10H2,1H3,(H,22,27). The molecule has 0 aliphatic rings. The Morgan fingerprint density at radius 3 is 2.78 bits per heavy atom. The molecule has 0 aliphatic heterocycles. The molecule has 1 amide bonds. The summed E-state index contributed by atoms with van der Waals surface area (Å²) in [6.45, 7) is 0.468. The van der Waals surface area contributed by atoms with Crippen molar-refractivity contribution in [3.63, 3.8) is 0 Å². The minimum Gasteiger partial charge on any atom is -0.350 e. The molecule has 4 rings (SSSR count). The first kappa shape index (κ1) is 17.3. The van der Waals surface area contributed by atoms with Crippen molar-refractivity contribution in [2.24, 2.45) is 7.05 Å². The lowest BCUT2D eigenvalue weighted by Gasteiger charge is -2.07. The van der Waals surface area contributed by atoms with E-state index < -0.39 is 0 Å². The number of halogens is 1. The summed E-state index contributed by atoms with van der Waals surface area (Å²) in [5.74, 6) is 0.658. The van der Waals surface area contributed by atoms with Crippen LogP contribution in [0.3, 0.4) is 0 Å². The lowest BCUT2D eigenvalue weighted by molar-refractivity contribution is 0.0950. The highest BCUT2D eigenvalue weighted by Crippen LogP contribution is 2.34. The molecule has 2 heterocycles. The molecule has 0 unspecified atom stereocenters. The topological polar surface area (TPSA) is 75.6 Å². The van der Waals surface area contributed by atoms with Crippen LogP contribution >= 0.6 is 11.6 Å². The lowest BCUT2D eigenvalue weighted by atomic mass is 10.0. The Hall–Kier alpha value is -3.12. The van der Waals surface area contributed by atoms with Crippen molar-refractivity contribution in [1.29, 1.82) is 0 Å². The molecule has 2 aromatic carbocycles. The van der Waals surface area contributed by atoms with Crippen LogP contribution < -0.4 is 5.32 Å². The van der Waals surface area contributed by atoms with E-state index in [4.69, 9.17) is 11.6 Å². The number of hydrogen-bond donors (Lipinski definition) is 2. The first-order chi connectivity index (χ1) is 13.1. The highest BCUT2D eigenvalue weighted by Gasteiger charge is 2.19. The highest BCUT2D eigenvalue weighted by molar-refractivity contribution is 6.31. The number of carbonyl (C=O) groups excluding carboxylic acids is 1. The number of benzene rings is 2. The van der Waals surface area contributed by atoms with Gasteiger partial charge in [-0.25, -0.2) is 0 Å². The Labute approximate surface area is 161 Å². The van der Waals surface area contributed by atoms with Crippen molar-refractivity contribution in [1.82, 2.24) is 25.1 Å². The maximum Gasteiger partial charge on any atom is 0.268 e. The quantitative estimate of drug-likeness (QED) is 0.556. The summed E-state index contributed by atoms with van der Waals surface area (Å²) < 4.78 is 1.84. The second kappa shape index (κ2) is 7.25. The third-order valence-electron chi connectivity index (χ3n) is 4.49. The number of rotatable bonds is 5. The van der Waals surface area contributed by atoms with Crippen molar-refractivity contribution in [3.8, 4) is 11.1 Å². The van der Waals surface area contributed by atoms with E-state index in [1.807, 2.05) is 60.1 Å². The number of nitrogens with zero attached hydrogens (tertiary/aromatic N) is 3. The van der Waals surface area contributed by atoms with E-state index in [-0.39, 0.29) is 5.91 Å². The molecule has 0 saturated carbocycles. The predicted molar refractivity (Wildman–Crippen MR) is 106 cm³/mol. The summed E-state index contributed by atoms with van der Waals surface area (Å²) in [7, 11) is 1.88. The van der Waals surface area contributed by atoms with Crippen LogP contribution in [0.4, 0.5) is 0 Å². The van der Waals surface area contributed by atoms with Gasteiger partial charge in [0.05, 0.1) is 0 Å². The van der Waals surface area contributed by atoms with E-state index >= 15 is 0 Å². The molecular weight excluding hydrogens is 362 g/mol. The highest BCUT2D eigenvalue weighted by atomic mass is 35.5. The first-order valence-corrected chi connectivity index (χ1v) is 8.99. The van der Waals surface area contributed by atoms with Crippen molar-refractivity contribution in [2.75, 3.05) is 6.54 Å². The van der Waals surface area contributed by atoms with Gasteiger partial charge in [0.15, 0.2) is 0 Å². The van der Waals surface area contributed by atoms with Crippen LogP contribution in [0.5, 0.6) is 0 Å². The van der Waals surface area contributed by atoms with Gasteiger partial charge in [0.25, 0.3) is 5.91 Å². The average Bonchev–Trinajstić information content (AvgIpc) is 3.25. The molecule has 4 aromatic rings. The molecule has 0 radical (unpaired) electrons. The fourth-order valence-corrected chi connectivity index (χ4v) is 3.32. The van der Waals surface area contributed by atoms with Gasteiger partial charge in [-0.15, -0.1) is 10.2 Å². The normalized spacial score (nSPS) is 11.0. The summed E-state index contributed by atoms with van der Waals surface area (Å²) in [6.07, 6.45) is 2.25. The van der Waals surface area contributed by atoms with Crippen molar-refractivity contribution < 1.29 is 4.79 Å². The smallest absolute Gasteiger partial charge is 0.268 e. The number of carbonyl (C=O) groups is 1. The SMILES string of the molecule is Cn1cnnc1CCNC(=O)c1[nH]c2ccc(Cl)cc2c1-c1ccccc1. The average molecular weight is 380 g/mol. The second-order valence-corrected chi connectivity index (χ2v) is 6.73. The largest absolute Gasteiger partial charge is 0.350 e. The van der Waals surface area contributed by atoms with Crippen molar-refractivity contribution >= 4 is 28.4 Å². The molecule has 2 aromatic heterocycles. The molecule has 0 spiro atoms. The Balaban J connectivity index is 1.66. The third-order valence-corrected chi connectivity index (χ3v) is 4.72. The number of aromatic nitrogens is 4. The summed E-state index contributed by atoms with van der Waals surface area (Å²) in [6, 6.07) is 15.4. The second-order valence-electron chi connectivity index (χ2n) is 6.29. The zero-order valence-corrected chi connectivity index (χ0v) is 15.5. The van der Waals surface area contributed by atoms with E-state index in [0.29, 0.717) is 23.7 Å². The molecule has 2 N–H and O–H groups in total. The summed E-state index contributed by atoms with van der Waals surface area (Å²) in [4.78, 5) is 16.1. The molecular formula is C20H18ClN5O. The number of aryl methyl sites for hydroxylation is 1. The van der Waals surface area contributed by atoms with Gasteiger partial charge in [-0.05, 0) is 23.8 Å². The van der Waals surface area contributed by atoms with Crippen molar-refractivity contribution in [2.45, 2.75) is 6.42 Å². The van der Waals surface area contributed by atoms with Crippen LogP contribution in [0.25, 0.3) is 22.0 Å². The maximum absolute atomic E-state index is 12.9. The summed E-state index contributed by atoms with van der Waals surface area (Å²) >= 11 is 6.19. The number of hydrogen-bond acceptors (Lipinski definition) is 3. The summed E-state index contributed by atoms with van der Waals surface area (Å²) in [5.41, 5.74) is 3.21. The molecule has 0 bridgehead atoms. The van der Waals surface area contributed by atoms with E-state index in [2.05, 4.69) is 20.5 Å². The molecule has 6 nitrogen and oxygen atoms in total. The van der Waals surface area contributed by atoms with Gasteiger partial charge in [0, 0.05) is 41.5 Å². The maximum atomic E-state index is 12.9. The van der Waals surface area contributed by atoms with Crippen LogP contribution in [-0.4, -0.2) is 32.2 Å². The Morgan fingerprint density at radius 2 is 2.04 bits per heavy atom. The van der Waals surface area contributed by atoms with Gasteiger partial charge in [0.1, 0.15) is 17.8 Å². The first-order valence-electron chi connectivity index (χ1n) is 8.61. The Bertz CT molecular complexity index is 1100. The number of amides is 1. The van der Waals surface area contributed by atoms with E-state index in [1.165, 1.54) is 0 Å². The number of nitrogens with one attached hydrogen (secondary N) is 2. The Morgan fingerprint density at radius 1 is 1.22 bits per heavy atom.